The molecule has 144 valence electrons. The molecule has 25 heavy (non-hydrogen) atoms. The molecule has 2 unspecified atom stereocenters. The SMILES string of the molecule is CC#CCCCCCCCCCCCC(OC1CCCCO1)C(=O)O. The van der Waals surface area contributed by atoms with Crippen LogP contribution < -0.4 is 0 Å². The van der Waals surface area contributed by atoms with Gasteiger partial charge in [-0.05, 0) is 39.0 Å². The van der Waals surface area contributed by atoms with E-state index in [-0.39, 0.29) is 6.29 Å². The highest BCUT2D eigenvalue weighted by molar-refractivity contribution is 5.72. The van der Waals surface area contributed by atoms with Crippen LogP contribution in [-0.2, 0) is 14.3 Å². The van der Waals surface area contributed by atoms with E-state index >= 15 is 0 Å². The molecule has 0 bridgehead atoms. The number of ether oxygens (including phenoxy) is 2. The Morgan fingerprint density at radius 1 is 1.08 bits per heavy atom. The monoisotopic (exact) mass is 352 g/mol. The van der Waals surface area contributed by atoms with Gasteiger partial charge in [0.05, 0.1) is 0 Å². The highest BCUT2D eigenvalue weighted by Gasteiger charge is 2.24. The molecule has 4 nitrogen and oxygen atoms in total. The molecule has 0 amide bonds. The minimum atomic E-state index is -0.859. The molecular formula is C21H36O4. The molecule has 1 aliphatic heterocycles. The molecule has 0 spiro atoms. The van der Waals surface area contributed by atoms with Crippen LogP contribution in [0.3, 0.4) is 0 Å². The Balaban J connectivity index is 1.95. The second-order valence-electron chi connectivity index (χ2n) is 6.91. The number of hydrogen-bond acceptors (Lipinski definition) is 3. The number of aliphatic carboxylic acids is 1. The maximum Gasteiger partial charge on any atom is 0.332 e. The summed E-state index contributed by atoms with van der Waals surface area (Å²) in [5, 5.41) is 9.29. The molecule has 1 fully saturated rings. The van der Waals surface area contributed by atoms with Crippen molar-refractivity contribution in [3.05, 3.63) is 0 Å². The first-order valence-electron chi connectivity index (χ1n) is 10.1. The van der Waals surface area contributed by atoms with E-state index in [9.17, 15) is 9.90 Å². The smallest absolute Gasteiger partial charge is 0.332 e. The third-order valence-electron chi connectivity index (χ3n) is 4.67. The summed E-state index contributed by atoms with van der Waals surface area (Å²) < 4.78 is 11.1. The van der Waals surface area contributed by atoms with E-state index in [1.54, 1.807) is 0 Å². The van der Waals surface area contributed by atoms with E-state index in [0.717, 1.165) is 38.5 Å². The summed E-state index contributed by atoms with van der Waals surface area (Å²) >= 11 is 0. The molecule has 1 rings (SSSR count). The molecule has 1 saturated heterocycles. The molecule has 0 radical (unpaired) electrons. The van der Waals surface area contributed by atoms with Gasteiger partial charge in [-0.15, -0.1) is 11.8 Å². The molecule has 2 atom stereocenters. The Morgan fingerprint density at radius 2 is 1.72 bits per heavy atom. The van der Waals surface area contributed by atoms with Crippen molar-refractivity contribution in [2.24, 2.45) is 0 Å². The van der Waals surface area contributed by atoms with Gasteiger partial charge in [0, 0.05) is 13.0 Å². The predicted octanol–water partition coefficient (Wildman–Crippen LogP) is 5.30. The van der Waals surface area contributed by atoms with Crippen LogP contribution in [0.25, 0.3) is 0 Å². The average molecular weight is 353 g/mol. The van der Waals surface area contributed by atoms with Crippen LogP contribution in [0, 0.1) is 11.8 Å². The first kappa shape index (κ1) is 22.0. The van der Waals surface area contributed by atoms with Gasteiger partial charge in [-0.1, -0.05) is 51.4 Å². The van der Waals surface area contributed by atoms with Gasteiger partial charge in [-0.25, -0.2) is 4.79 Å². The van der Waals surface area contributed by atoms with Gasteiger partial charge in [0.1, 0.15) is 0 Å². The Kier molecular flexibility index (Phi) is 13.4. The van der Waals surface area contributed by atoms with Gasteiger partial charge in [0.25, 0.3) is 0 Å². The predicted molar refractivity (Wildman–Crippen MR) is 100 cm³/mol. The number of hydrogen-bond donors (Lipinski definition) is 1. The summed E-state index contributed by atoms with van der Waals surface area (Å²) in [4.78, 5) is 11.3. The summed E-state index contributed by atoms with van der Waals surface area (Å²) in [7, 11) is 0. The highest BCUT2D eigenvalue weighted by Crippen LogP contribution is 2.19. The number of carbonyl (C=O) groups is 1. The third kappa shape index (κ3) is 12.0. The summed E-state index contributed by atoms with van der Waals surface area (Å²) in [6.07, 6.45) is 14.4. The molecule has 0 aromatic heterocycles. The Morgan fingerprint density at radius 3 is 2.28 bits per heavy atom. The van der Waals surface area contributed by atoms with Gasteiger partial charge in [-0.2, -0.15) is 0 Å². The second-order valence-corrected chi connectivity index (χ2v) is 6.91. The standard InChI is InChI=1S/C21H36O4/c1-2-3-4-5-6-7-8-9-10-11-12-13-16-19(21(22)23)25-20-17-14-15-18-24-20/h19-20H,4-18H2,1H3,(H,22,23). The zero-order valence-electron chi connectivity index (χ0n) is 15.9. The van der Waals surface area contributed by atoms with Crippen LogP contribution in [0.2, 0.25) is 0 Å². The lowest BCUT2D eigenvalue weighted by atomic mass is 10.0. The van der Waals surface area contributed by atoms with E-state index < -0.39 is 12.1 Å². The van der Waals surface area contributed by atoms with Crippen molar-refractivity contribution >= 4 is 5.97 Å². The number of unbranched alkanes of at least 4 members (excludes halogenated alkanes) is 9. The van der Waals surface area contributed by atoms with Crippen LogP contribution in [0.5, 0.6) is 0 Å². The molecule has 1 heterocycles. The minimum Gasteiger partial charge on any atom is -0.479 e. The van der Waals surface area contributed by atoms with E-state index in [4.69, 9.17) is 9.47 Å². The highest BCUT2D eigenvalue weighted by atomic mass is 16.7. The maximum absolute atomic E-state index is 11.3. The summed E-state index contributed by atoms with van der Waals surface area (Å²) in [6.45, 7) is 2.58. The van der Waals surface area contributed by atoms with E-state index in [2.05, 4.69) is 11.8 Å². The van der Waals surface area contributed by atoms with Crippen molar-refractivity contribution in [3.63, 3.8) is 0 Å². The van der Waals surface area contributed by atoms with Crippen molar-refractivity contribution in [1.29, 1.82) is 0 Å². The molecule has 0 aromatic rings. The van der Waals surface area contributed by atoms with E-state index in [1.807, 2.05) is 6.92 Å². The Hall–Kier alpha value is -1.05. The fraction of sp³-hybridized carbons (Fsp3) is 0.857. The van der Waals surface area contributed by atoms with Gasteiger partial charge in [-0.3, -0.25) is 0 Å². The molecule has 1 aliphatic rings. The van der Waals surface area contributed by atoms with Crippen molar-refractivity contribution in [3.8, 4) is 11.8 Å². The zero-order chi connectivity index (χ0) is 18.2. The van der Waals surface area contributed by atoms with Crippen LogP contribution in [-0.4, -0.2) is 30.1 Å². The molecule has 1 N–H and O–H groups in total. The lowest BCUT2D eigenvalue weighted by Crippen LogP contribution is -2.32. The van der Waals surface area contributed by atoms with Crippen molar-refractivity contribution in [2.75, 3.05) is 6.61 Å². The summed E-state index contributed by atoms with van der Waals surface area (Å²) in [6, 6.07) is 0. The number of carboxylic acids is 1. The maximum atomic E-state index is 11.3. The van der Waals surface area contributed by atoms with Crippen LogP contribution in [0.4, 0.5) is 0 Å². The molecule has 0 aliphatic carbocycles. The summed E-state index contributed by atoms with van der Waals surface area (Å²) in [5.74, 6) is 5.18. The van der Waals surface area contributed by atoms with Gasteiger partial charge in [0.2, 0.25) is 0 Å². The van der Waals surface area contributed by atoms with Crippen molar-refractivity contribution in [1.82, 2.24) is 0 Å². The lowest BCUT2D eigenvalue weighted by molar-refractivity contribution is -0.201. The molecule has 0 aromatic carbocycles. The molecular weight excluding hydrogens is 316 g/mol. The topological polar surface area (TPSA) is 55.8 Å². The minimum absolute atomic E-state index is 0.321. The van der Waals surface area contributed by atoms with Gasteiger partial charge >= 0.3 is 5.97 Å². The average Bonchev–Trinajstić information content (AvgIpc) is 2.62. The Labute approximate surface area is 153 Å². The molecule has 0 saturated carbocycles. The largest absolute Gasteiger partial charge is 0.479 e. The lowest BCUT2D eigenvalue weighted by Gasteiger charge is -2.25. The normalized spacial score (nSPS) is 18.4. The fourth-order valence-electron chi connectivity index (χ4n) is 3.16. The number of rotatable bonds is 14. The van der Waals surface area contributed by atoms with Gasteiger partial charge in [0.15, 0.2) is 12.4 Å². The zero-order valence-corrected chi connectivity index (χ0v) is 15.9. The fourth-order valence-corrected chi connectivity index (χ4v) is 3.16. The third-order valence-corrected chi connectivity index (χ3v) is 4.67. The first-order valence-corrected chi connectivity index (χ1v) is 10.1. The second kappa shape index (κ2) is 15.2. The van der Waals surface area contributed by atoms with Gasteiger partial charge < -0.3 is 14.6 Å². The molecule has 4 heteroatoms. The first-order chi connectivity index (χ1) is 12.2. The van der Waals surface area contributed by atoms with E-state index in [0.29, 0.717) is 13.0 Å². The quantitative estimate of drug-likeness (QED) is 0.340. The van der Waals surface area contributed by atoms with Crippen LogP contribution in [0.1, 0.15) is 96.8 Å². The van der Waals surface area contributed by atoms with Crippen LogP contribution >= 0.6 is 0 Å². The van der Waals surface area contributed by atoms with Crippen LogP contribution in [0.15, 0.2) is 0 Å². The van der Waals surface area contributed by atoms with E-state index in [1.165, 1.54) is 44.9 Å². The van der Waals surface area contributed by atoms with Crippen molar-refractivity contribution in [2.45, 2.75) is 109 Å². The Bertz CT molecular complexity index is 390. The summed E-state index contributed by atoms with van der Waals surface area (Å²) in [5.41, 5.74) is 0. The van der Waals surface area contributed by atoms with Crippen molar-refractivity contribution < 1.29 is 19.4 Å². The number of carboxylic acid groups (broad SMARTS) is 1.